The highest BCUT2D eigenvalue weighted by Gasteiger charge is 2.33. The van der Waals surface area contributed by atoms with Gasteiger partial charge in [-0.05, 0) is 63.8 Å². The normalized spacial score (nSPS) is 17.8. The van der Waals surface area contributed by atoms with E-state index in [1.807, 2.05) is 0 Å². The number of nitrogens with zero attached hydrogens (tertiary/aromatic N) is 4. The number of benzene rings is 1. The number of fused-ring (bicyclic) bond motifs is 2. The third kappa shape index (κ3) is 6.54. The Morgan fingerprint density at radius 2 is 1.80 bits per heavy atom. The fourth-order valence-corrected chi connectivity index (χ4v) is 5.03. The van der Waals surface area contributed by atoms with E-state index in [0.717, 1.165) is 22.8 Å². The summed E-state index contributed by atoms with van der Waals surface area (Å²) in [5, 5.41) is 20.7. The van der Waals surface area contributed by atoms with Crippen molar-refractivity contribution in [1.82, 2.24) is 24.7 Å². The topological polar surface area (TPSA) is 146 Å². The highest BCUT2D eigenvalue weighted by molar-refractivity contribution is 6.05. The Hall–Kier alpha value is -4.47. The van der Waals surface area contributed by atoms with Crippen LogP contribution in [0.1, 0.15) is 72.5 Å². The molecule has 44 heavy (non-hydrogen) atoms. The summed E-state index contributed by atoms with van der Waals surface area (Å²) in [6.45, 7) is -0.0439. The zero-order valence-electron chi connectivity index (χ0n) is 23.6. The van der Waals surface area contributed by atoms with Crippen LogP contribution in [0, 0.1) is 0 Å². The Bertz CT molecular complexity index is 1700. The van der Waals surface area contributed by atoms with Crippen LogP contribution >= 0.6 is 0 Å². The maximum Gasteiger partial charge on any atom is 0.417 e. The molecule has 4 N–H and O–H groups in total. The summed E-state index contributed by atoms with van der Waals surface area (Å²) in [6.07, 6.45) is -2.75. The standard InChI is InChI=1S/C28H29F5N6O5/c1-27(2,42)13-43-17-8-9-18-20(11-17)39(26(29)30)36-22(18)24(41)35-15-4-6-16(7-5-15)44-25-21(23(34)40)19-10-3-14(28(31,32)33)12-38(19)37-25/h3,8-12,15-16,26,42H,4-7,13H2,1-2H3,(H2,34,40)(H,35,41). The Morgan fingerprint density at radius 1 is 1.09 bits per heavy atom. The van der Waals surface area contributed by atoms with Gasteiger partial charge in [-0.25, -0.2) is 9.20 Å². The number of nitrogens with one attached hydrogen (secondary N) is 1. The van der Waals surface area contributed by atoms with Crippen LogP contribution in [0.15, 0.2) is 36.5 Å². The summed E-state index contributed by atoms with van der Waals surface area (Å²) in [5.41, 5.74) is 3.07. The van der Waals surface area contributed by atoms with Gasteiger partial charge in [0.05, 0.1) is 22.2 Å². The van der Waals surface area contributed by atoms with E-state index in [1.165, 1.54) is 32.0 Å². The number of nitrogens with two attached hydrogens (primary N) is 1. The maximum atomic E-state index is 13.8. The number of carbonyl (C=O) groups is 2. The van der Waals surface area contributed by atoms with Crippen LogP contribution in [-0.2, 0) is 6.18 Å². The van der Waals surface area contributed by atoms with Crippen molar-refractivity contribution in [2.45, 2.75) is 70.0 Å². The molecule has 3 heterocycles. The number of ether oxygens (including phenoxy) is 2. The van der Waals surface area contributed by atoms with Crippen molar-refractivity contribution in [3.8, 4) is 11.6 Å². The summed E-state index contributed by atoms with van der Waals surface area (Å²) in [7, 11) is 0. The summed E-state index contributed by atoms with van der Waals surface area (Å²) >= 11 is 0. The quantitative estimate of drug-likeness (QED) is 0.233. The molecule has 5 rings (SSSR count). The molecule has 1 aromatic carbocycles. The number of aliphatic hydroxyl groups is 1. The molecule has 1 fully saturated rings. The minimum atomic E-state index is -4.62. The number of aromatic nitrogens is 4. The number of carbonyl (C=O) groups excluding carboxylic acids is 2. The molecule has 0 unspecified atom stereocenters. The van der Waals surface area contributed by atoms with Gasteiger partial charge in [-0.1, -0.05) is 0 Å². The van der Waals surface area contributed by atoms with E-state index in [9.17, 15) is 36.6 Å². The van der Waals surface area contributed by atoms with Crippen LogP contribution in [0.5, 0.6) is 11.6 Å². The molecule has 0 bridgehead atoms. The summed E-state index contributed by atoms with van der Waals surface area (Å²) < 4.78 is 79.6. The Labute approximate surface area is 246 Å². The largest absolute Gasteiger partial charge is 0.491 e. The van der Waals surface area contributed by atoms with Gasteiger partial charge in [0, 0.05) is 23.7 Å². The first-order chi connectivity index (χ1) is 20.6. The second kappa shape index (κ2) is 11.6. The van der Waals surface area contributed by atoms with Crippen molar-refractivity contribution in [1.29, 1.82) is 0 Å². The van der Waals surface area contributed by atoms with Gasteiger partial charge in [0.2, 0.25) is 5.88 Å². The Morgan fingerprint density at radius 3 is 2.41 bits per heavy atom. The average molecular weight is 625 g/mol. The van der Waals surface area contributed by atoms with Crippen LogP contribution in [0.25, 0.3) is 16.4 Å². The van der Waals surface area contributed by atoms with Gasteiger partial charge in [-0.3, -0.25) is 9.59 Å². The van der Waals surface area contributed by atoms with Crippen molar-refractivity contribution in [3.05, 3.63) is 53.3 Å². The Balaban J connectivity index is 1.26. The van der Waals surface area contributed by atoms with Crippen LogP contribution in [-0.4, -0.2) is 60.7 Å². The molecular formula is C28H29F5N6O5. The van der Waals surface area contributed by atoms with Crippen LogP contribution in [0.3, 0.4) is 0 Å². The lowest BCUT2D eigenvalue weighted by atomic mass is 9.92. The number of pyridine rings is 1. The molecule has 1 aliphatic rings. The minimum Gasteiger partial charge on any atom is -0.491 e. The van der Waals surface area contributed by atoms with Gasteiger partial charge in [-0.15, -0.1) is 5.10 Å². The number of halogens is 5. The maximum absolute atomic E-state index is 13.8. The molecule has 0 radical (unpaired) electrons. The van der Waals surface area contributed by atoms with E-state index in [1.54, 1.807) is 0 Å². The predicted octanol–water partition coefficient (Wildman–Crippen LogP) is 4.47. The average Bonchev–Trinajstić information content (AvgIpc) is 3.50. The SMILES string of the molecule is CC(C)(O)COc1ccc2c(C(=O)NC3CCC(Oc4nn5cc(C(F)(F)F)ccc5c4C(N)=O)CC3)nn(C(F)F)c2c1. The van der Waals surface area contributed by atoms with Gasteiger partial charge in [-0.2, -0.15) is 27.1 Å². The fourth-order valence-electron chi connectivity index (χ4n) is 5.03. The number of amides is 2. The lowest BCUT2D eigenvalue weighted by molar-refractivity contribution is -0.137. The van der Waals surface area contributed by atoms with E-state index < -0.39 is 41.8 Å². The Kier molecular flexibility index (Phi) is 8.13. The second-order valence-electron chi connectivity index (χ2n) is 11.2. The zero-order valence-corrected chi connectivity index (χ0v) is 23.6. The molecule has 0 atom stereocenters. The fraction of sp³-hybridized carbons (Fsp3) is 0.429. The van der Waals surface area contributed by atoms with Crippen molar-refractivity contribution in [3.63, 3.8) is 0 Å². The number of primary amides is 1. The van der Waals surface area contributed by atoms with Crippen molar-refractivity contribution < 1.29 is 46.1 Å². The number of hydrogen-bond donors (Lipinski definition) is 3. The molecule has 1 saturated carbocycles. The summed E-state index contributed by atoms with van der Waals surface area (Å²) in [4.78, 5) is 25.2. The summed E-state index contributed by atoms with van der Waals surface area (Å²) in [6, 6.07) is 5.83. The first-order valence-corrected chi connectivity index (χ1v) is 13.6. The van der Waals surface area contributed by atoms with Crippen molar-refractivity contribution in [2.75, 3.05) is 6.61 Å². The molecule has 236 valence electrons. The molecule has 1 aliphatic carbocycles. The van der Waals surface area contributed by atoms with Gasteiger partial charge in [0.25, 0.3) is 11.8 Å². The molecule has 2 amide bonds. The van der Waals surface area contributed by atoms with Crippen molar-refractivity contribution >= 4 is 28.2 Å². The monoisotopic (exact) mass is 624 g/mol. The number of alkyl halides is 5. The van der Waals surface area contributed by atoms with Gasteiger partial charge >= 0.3 is 12.7 Å². The molecule has 16 heteroatoms. The van der Waals surface area contributed by atoms with E-state index in [4.69, 9.17) is 15.2 Å². The molecule has 0 spiro atoms. The molecule has 0 aliphatic heterocycles. The third-order valence-electron chi connectivity index (χ3n) is 7.13. The van der Waals surface area contributed by atoms with E-state index in [0.29, 0.717) is 30.4 Å². The van der Waals surface area contributed by atoms with Gasteiger partial charge in [0.15, 0.2) is 5.69 Å². The van der Waals surface area contributed by atoms with E-state index >= 15 is 0 Å². The number of rotatable bonds is 9. The van der Waals surface area contributed by atoms with Crippen LogP contribution < -0.4 is 20.5 Å². The molecule has 0 saturated heterocycles. The number of hydrogen-bond acceptors (Lipinski definition) is 7. The lowest BCUT2D eigenvalue weighted by Gasteiger charge is -2.28. The van der Waals surface area contributed by atoms with Crippen LogP contribution in [0.2, 0.25) is 0 Å². The van der Waals surface area contributed by atoms with Crippen molar-refractivity contribution in [2.24, 2.45) is 5.73 Å². The molecule has 3 aromatic heterocycles. The predicted molar refractivity (Wildman–Crippen MR) is 146 cm³/mol. The zero-order chi connectivity index (χ0) is 32.0. The molecule has 4 aromatic rings. The first kappa shape index (κ1) is 31.0. The van der Waals surface area contributed by atoms with Gasteiger partial charge in [0.1, 0.15) is 24.0 Å². The van der Waals surface area contributed by atoms with Crippen LogP contribution in [0.4, 0.5) is 22.0 Å². The second-order valence-corrected chi connectivity index (χ2v) is 11.2. The minimum absolute atomic E-state index is 0.0180. The third-order valence-corrected chi connectivity index (χ3v) is 7.13. The first-order valence-electron chi connectivity index (χ1n) is 13.6. The molecular weight excluding hydrogens is 595 g/mol. The molecule has 11 nitrogen and oxygen atoms in total. The van der Waals surface area contributed by atoms with E-state index in [-0.39, 0.29) is 52.0 Å². The smallest absolute Gasteiger partial charge is 0.417 e. The van der Waals surface area contributed by atoms with E-state index in [2.05, 4.69) is 15.5 Å². The van der Waals surface area contributed by atoms with Gasteiger partial charge < -0.3 is 25.6 Å². The summed E-state index contributed by atoms with van der Waals surface area (Å²) in [5.74, 6) is -1.54. The highest BCUT2D eigenvalue weighted by atomic mass is 19.4. The lowest BCUT2D eigenvalue weighted by Crippen LogP contribution is -2.40. The highest BCUT2D eigenvalue weighted by Crippen LogP contribution is 2.33.